The smallest absolute Gasteiger partial charge is 0.272 e. The molecule has 0 bridgehead atoms. The van der Waals surface area contributed by atoms with Crippen molar-refractivity contribution in [3.63, 3.8) is 0 Å². The van der Waals surface area contributed by atoms with E-state index < -0.39 is 0 Å². The van der Waals surface area contributed by atoms with Crippen LogP contribution in [0.2, 0.25) is 0 Å². The molecule has 0 aliphatic heterocycles. The summed E-state index contributed by atoms with van der Waals surface area (Å²) in [7, 11) is 3.78. The van der Waals surface area contributed by atoms with Crippen LogP contribution in [0.5, 0.6) is 0 Å². The van der Waals surface area contributed by atoms with Gasteiger partial charge in [0, 0.05) is 33.0 Å². The minimum Gasteiger partial charge on any atom is -0.337 e. The zero-order valence-corrected chi connectivity index (χ0v) is 14.8. The largest absolute Gasteiger partial charge is 0.337 e. The van der Waals surface area contributed by atoms with Crippen molar-refractivity contribution in [1.29, 1.82) is 0 Å². The first kappa shape index (κ1) is 17.2. The van der Waals surface area contributed by atoms with Gasteiger partial charge in [-0.2, -0.15) is 5.10 Å². The highest BCUT2D eigenvalue weighted by Crippen LogP contribution is 2.13. The van der Waals surface area contributed by atoms with Gasteiger partial charge >= 0.3 is 0 Å². The molecule has 1 amide bonds. The molecule has 23 heavy (non-hydrogen) atoms. The van der Waals surface area contributed by atoms with Crippen molar-refractivity contribution in [2.24, 2.45) is 20.0 Å². The van der Waals surface area contributed by atoms with Crippen molar-refractivity contribution in [2.75, 3.05) is 6.54 Å². The molecule has 6 heteroatoms. The van der Waals surface area contributed by atoms with Gasteiger partial charge in [-0.05, 0) is 24.8 Å². The van der Waals surface area contributed by atoms with Crippen molar-refractivity contribution in [2.45, 2.75) is 40.2 Å². The predicted octanol–water partition coefficient (Wildman–Crippen LogP) is 2.40. The Kier molecular flexibility index (Phi) is 5.58. The lowest BCUT2D eigenvalue weighted by atomic mass is 10.1. The summed E-state index contributed by atoms with van der Waals surface area (Å²) in [5.41, 5.74) is 1.61. The highest BCUT2D eigenvalue weighted by molar-refractivity contribution is 5.92. The minimum absolute atomic E-state index is 0.0138. The van der Waals surface area contributed by atoms with Gasteiger partial charge in [0.25, 0.3) is 5.91 Å². The first-order chi connectivity index (χ1) is 10.9. The summed E-state index contributed by atoms with van der Waals surface area (Å²) in [5, 5.41) is 4.48. The predicted molar refractivity (Wildman–Crippen MR) is 90.0 cm³/mol. The lowest BCUT2D eigenvalue weighted by Gasteiger charge is -2.21. The molecule has 0 aliphatic carbocycles. The van der Waals surface area contributed by atoms with Crippen molar-refractivity contribution in [1.82, 2.24) is 24.2 Å². The van der Waals surface area contributed by atoms with Gasteiger partial charge in [-0.3, -0.25) is 9.48 Å². The number of hydrogen-bond acceptors (Lipinski definition) is 3. The number of nitrogens with zero attached hydrogens (tertiary/aromatic N) is 5. The Morgan fingerprint density at radius 1 is 1.35 bits per heavy atom. The van der Waals surface area contributed by atoms with Crippen LogP contribution in [-0.4, -0.2) is 36.7 Å². The highest BCUT2D eigenvalue weighted by Gasteiger charge is 2.21. The molecule has 126 valence electrons. The van der Waals surface area contributed by atoms with E-state index in [1.54, 1.807) is 10.9 Å². The third-order valence-electron chi connectivity index (χ3n) is 3.80. The molecule has 2 aromatic rings. The molecule has 0 saturated carbocycles. The summed E-state index contributed by atoms with van der Waals surface area (Å²) in [6.45, 7) is 7.60. The van der Waals surface area contributed by atoms with Gasteiger partial charge in [0.05, 0.1) is 12.2 Å². The molecule has 2 rings (SSSR count). The fraction of sp³-hybridized carbons (Fsp3) is 0.588. The first-order valence-electron chi connectivity index (χ1n) is 8.20. The number of carbonyl (C=O) groups is 1. The molecule has 2 aromatic heterocycles. The molecule has 0 aliphatic rings. The quantitative estimate of drug-likeness (QED) is 0.788. The summed E-state index contributed by atoms with van der Waals surface area (Å²) in [5.74, 6) is 1.42. The third-order valence-corrected chi connectivity index (χ3v) is 3.80. The van der Waals surface area contributed by atoms with Crippen molar-refractivity contribution < 1.29 is 4.79 Å². The van der Waals surface area contributed by atoms with E-state index in [9.17, 15) is 4.79 Å². The van der Waals surface area contributed by atoms with E-state index >= 15 is 0 Å². The van der Waals surface area contributed by atoms with Crippen LogP contribution in [-0.2, 0) is 27.1 Å². The number of aryl methyl sites for hydroxylation is 2. The van der Waals surface area contributed by atoms with Crippen molar-refractivity contribution >= 4 is 5.91 Å². The number of hydrogen-bond donors (Lipinski definition) is 0. The summed E-state index contributed by atoms with van der Waals surface area (Å²) in [6.07, 6.45) is 5.45. The Hall–Kier alpha value is -2.11. The number of imidazole rings is 1. The summed E-state index contributed by atoms with van der Waals surface area (Å²) >= 11 is 0. The second-order valence-corrected chi connectivity index (χ2v) is 6.42. The maximum absolute atomic E-state index is 12.9. The SMILES string of the molecule is CCCN(Cc1nccn1C)C(=O)c1cc(CC(C)C)nn1C. The monoisotopic (exact) mass is 317 g/mol. The van der Waals surface area contributed by atoms with E-state index in [4.69, 9.17) is 0 Å². The van der Waals surface area contributed by atoms with Gasteiger partial charge in [0.2, 0.25) is 0 Å². The second kappa shape index (κ2) is 7.44. The topological polar surface area (TPSA) is 56.0 Å². The van der Waals surface area contributed by atoms with Gasteiger partial charge in [0.15, 0.2) is 0 Å². The standard InChI is InChI=1S/C17H27N5O/c1-6-8-22(12-16-18-7-9-20(16)4)17(23)15-11-14(10-13(2)3)19-21(15)5/h7,9,11,13H,6,8,10,12H2,1-5H3. The Morgan fingerprint density at radius 3 is 2.65 bits per heavy atom. The molecular formula is C17H27N5O. The Balaban J connectivity index is 2.20. The molecule has 2 heterocycles. The van der Waals surface area contributed by atoms with E-state index in [2.05, 4.69) is 30.9 Å². The molecule has 0 fully saturated rings. The van der Waals surface area contributed by atoms with E-state index in [0.717, 1.165) is 24.4 Å². The van der Waals surface area contributed by atoms with Crippen LogP contribution in [0, 0.1) is 5.92 Å². The fourth-order valence-electron chi connectivity index (χ4n) is 2.65. The van der Waals surface area contributed by atoms with Crippen molar-refractivity contribution in [3.8, 4) is 0 Å². The van der Waals surface area contributed by atoms with Gasteiger partial charge in [-0.15, -0.1) is 0 Å². The normalized spacial score (nSPS) is 11.2. The van der Waals surface area contributed by atoms with E-state index in [-0.39, 0.29) is 5.91 Å². The summed E-state index contributed by atoms with van der Waals surface area (Å²) < 4.78 is 3.64. The highest BCUT2D eigenvalue weighted by atomic mass is 16.2. The number of aromatic nitrogens is 4. The average molecular weight is 317 g/mol. The molecule has 0 saturated heterocycles. The molecule has 6 nitrogen and oxygen atoms in total. The molecule has 0 N–H and O–H groups in total. The summed E-state index contributed by atoms with van der Waals surface area (Å²) in [6, 6.07) is 1.92. The Morgan fingerprint density at radius 2 is 2.09 bits per heavy atom. The third kappa shape index (κ3) is 4.21. The first-order valence-corrected chi connectivity index (χ1v) is 8.20. The van der Waals surface area contributed by atoms with Crippen LogP contribution in [0.4, 0.5) is 0 Å². The van der Waals surface area contributed by atoms with Gasteiger partial charge in [-0.1, -0.05) is 20.8 Å². The molecule has 0 unspecified atom stereocenters. The van der Waals surface area contributed by atoms with Crippen LogP contribution in [0.1, 0.15) is 49.2 Å². The second-order valence-electron chi connectivity index (χ2n) is 6.42. The van der Waals surface area contributed by atoms with E-state index in [0.29, 0.717) is 24.7 Å². The van der Waals surface area contributed by atoms with Crippen molar-refractivity contribution in [3.05, 3.63) is 35.7 Å². The Bertz CT molecular complexity index is 656. The number of rotatable bonds is 7. The van der Waals surface area contributed by atoms with Gasteiger partial charge < -0.3 is 9.47 Å². The molecule has 0 radical (unpaired) electrons. The minimum atomic E-state index is 0.0138. The van der Waals surface area contributed by atoms with Gasteiger partial charge in [-0.25, -0.2) is 4.98 Å². The number of carbonyl (C=O) groups excluding carboxylic acids is 1. The molecule has 0 aromatic carbocycles. The maximum Gasteiger partial charge on any atom is 0.272 e. The summed E-state index contributed by atoms with van der Waals surface area (Å²) in [4.78, 5) is 19.1. The van der Waals surface area contributed by atoms with Gasteiger partial charge in [0.1, 0.15) is 11.5 Å². The lowest BCUT2D eigenvalue weighted by molar-refractivity contribution is 0.0726. The average Bonchev–Trinajstić information content (AvgIpc) is 3.03. The lowest BCUT2D eigenvalue weighted by Crippen LogP contribution is -2.33. The van der Waals surface area contributed by atoms with Crippen LogP contribution in [0.15, 0.2) is 18.5 Å². The molecule has 0 spiro atoms. The molecular weight excluding hydrogens is 290 g/mol. The van der Waals surface area contributed by atoms with Crippen LogP contribution in [0.3, 0.4) is 0 Å². The zero-order chi connectivity index (χ0) is 17.0. The zero-order valence-electron chi connectivity index (χ0n) is 14.8. The van der Waals surface area contributed by atoms with Crippen LogP contribution < -0.4 is 0 Å². The Labute approximate surface area is 138 Å². The van der Waals surface area contributed by atoms with Crippen LogP contribution in [0.25, 0.3) is 0 Å². The molecule has 0 atom stereocenters. The van der Waals surface area contributed by atoms with E-state index in [1.807, 2.05) is 35.8 Å². The van der Waals surface area contributed by atoms with Crippen LogP contribution >= 0.6 is 0 Å². The maximum atomic E-state index is 12.9. The van der Waals surface area contributed by atoms with E-state index in [1.165, 1.54) is 0 Å². The number of amides is 1. The fourth-order valence-corrected chi connectivity index (χ4v) is 2.65.